The smallest absolute Gasteiger partial charge is 0.416 e. The zero-order chi connectivity index (χ0) is 14.8. The van der Waals surface area contributed by atoms with Crippen LogP contribution in [0.15, 0.2) is 18.3 Å². The number of nitrogens with zero attached hydrogens (tertiary/aromatic N) is 1. The Bertz CT molecular complexity index is 491. The van der Waals surface area contributed by atoms with Crippen LogP contribution in [0.1, 0.15) is 31.2 Å². The van der Waals surface area contributed by atoms with E-state index >= 15 is 0 Å². The van der Waals surface area contributed by atoms with Crippen molar-refractivity contribution in [3.63, 3.8) is 0 Å². The van der Waals surface area contributed by atoms with Crippen molar-refractivity contribution in [1.29, 1.82) is 0 Å². The summed E-state index contributed by atoms with van der Waals surface area (Å²) in [5, 5.41) is 11.9. The van der Waals surface area contributed by atoms with E-state index < -0.39 is 23.6 Å². The third-order valence-electron chi connectivity index (χ3n) is 3.46. The third kappa shape index (κ3) is 3.61. The van der Waals surface area contributed by atoms with Gasteiger partial charge < -0.3 is 10.4 Å². The number of hydrogen-bond acceptors (Lipinski definition) is 3. The van der Waals surface area contributed by atoms with Crippen molar-refractivity contribution >= 4 is 11.8 Å². The number of nitrogens with one attached hydrogen (secondary N) is 1. The number of carbonyl (C=O) groups is 1. The summed E-state index contributed by atoms with van der Waals surface area (Å²) in [4.78, 5) is 14.8. The minimum Gasteiger partial charge on any atom is -0.481 e. The van der Waals surface area contributed by atoms with Crippen molar-refractivity contribution in [2.45, 2.75) is 37.9 Å². The minimum absolute atomic E-state index is 0.135. The molecule has 1 heterocycles. The van der Waals surface area contributed by atoms with E-state index in [1.807, 2.05) is 0 Å². The Balaban J connectivity index is 2.04. The molecule has 0 amide bonds. The summed E-state index contributed by atoms with van der Waals surface area (Å²) < 4.78 is 37.7. The summed E-state index contributed by atoms with van der Waals surface area (Å²) in [5.41, 5.74) is -0.763. The first kappa shape index (κ1) is 14.6. The van der Waals surface area contributed by atoms with Gasteiger partial charge in [-0.2, -0.15) is 13.2 Å². The Morgan fingerprint density at radius 2 is 2.15 bits per heavy atom. The van der Waals surface area contributed by atoms with E-state index in [4.69, 9.17) is 5.11 Å². The van der Waals surface area contributed by atoms with Crippen molar-refractivity contribution < 1.29 is 23.1 Å². The summed E-state index contributed by atoms with van der Waals surface area (Å²) in [6.07, 6.45) is -0.801. The molecule has 7 heteroatoms. The normalized spacial score (nSPS) is 23.4. The molecule has 20 heavy (non-hydrogen) atoms. The fourth-order valence-electron chi connectivity index (χ4n) is 2.44. The highest BCUT2D eigenvalue weighted by Gasteiger charge is 2.31. The molecule has 110 valence electrons. The Morgan fingerprint density at radius 3 is 2.80 bits per heavy atom. The lowest BCUT2D eigenvalue weighted by atomic mass is 9.86. The zero-order valence-electron chi connectivity index (χ0n) is 10.7. The van der Waals surface area contributed by atoms with Gasteiger partial charge in [0, 0.05) is 12.2 Å². The lowest BCUT2D eigenvalue weighted by Gasteiger charge is -2.27. The molecule has 1 aromatic rings. The summed E-state index contributed by atoms with van der Waals surface area (Å²) in [7, 11) is 0. The van der Waals surface area contributed by atoms with Crippen LogP contribution >= 0.6 is 0 Å². The van der Waals surface area contributed by atoms with E-state index in [2.05, 4.69) is 10.3 Å². The molecule has 1 aliphatic rings. The largest absolute Gasteiger partial charge is 0.481 e. The number of hydrogen-bond donors (Lipinski definition) is 2. The van der Waals surface area contributed by atoms with Gasteiger partial charge in [0.1, 0.15) is 5.82 Å². The topological polar surface area (TPSA) is 62.2 Å². The molecular formula is C13H15F3N2O2. The van der Waals surface area contributed by atoms with Crippen molar-refractivity contribution in [2.75, 3.05) is 5.32 Å². The lowest BCUT2D eigenvalue weighted by Crippen LogP contribution is -2.31. The highest BCUT2D eigenvalue weighted by molar-refractivity contribution is 5.70. The molecule has 0 saturated heterocycles. The Morgan fingerprint density at radius 1 is 1.40 bits per heavy atom. The number of carboxylic acids is 1. The van der Waals surface area contributed by atoms with Crippen LogP contribution in [0.5, 0.6) is 0 Å². The van der Waals surface area contributed by atoms with Crippen molar-refractivity contribution in [2.24, 2.45) is 5.92 Å². The second kappa shape index (κ2) is 5.68. The van der Waals surface area contributed by atoms with Crippen LogP contribution < -0.4 is 5.32 Å². The molecule has 2 N–H and O–H groups in total. The molecule has 0 radical (unpaired) electrons. The average Bonchev–Trinajstić information content (AvgIpc) is 2.38. The molecule has 2 rings (SSSR count). The Labute approximate surface area is 114 Å². The van der Waals surface area contributed by atoms with Gasteiger partial charge in [-0.1, -0.05) is 6.42 Å². The molecule has 0 aliphatic heterocycles. The molecule has 1 fully saturated rings. The minimum atomic E-state index is -4.41. The maximum Gasteiger partial charge on any atom is 0.416 e. The number of rotatable bonds is 3. The highest BCUT2D eigenvalue weighted by Crippen LogP contribution is 2.31. The molecule has 2 atom stereocenters. The SMILES string of the molecule is O=C(O)C1CCCC(Nc2cc(C(F)(F)F)ccn2)C1. The number of alkyl halides is 3. The van der Waals surface area contributed by atoms with Crippen LogP contribution in [0, 0.1) is 5.92 Å². The van der Waals surface area contributed by atoms with Crippen molar-refractivity contribution in [3.05, 3.63) is 23.9 Å². The first-order chi connectivity index (χ1) is 9.36. The van der Waals surface area contributed by atoms with Crippen LogP contribution in [0.25, 0.3) is 0 Å². The quantitative estimate of drug-likeness (QED) is 0.897. The molecule has 1 aromatic heterocycles. The molecule has 1 aliphatic carbocycles. The monoisotopic (exact) mass is 288 g/mol. The van der Waals surface area contributed by atoms with Crippen LogP contribution in [0.3, 0.4) is 0 Å². The average molecular weight is 288 g/mol. The second-order valence-electron chi connectivity index (χ2n) is 4.97. The fourth-order valence-corrected chi connectivity index (χ4v) is 2.44. The van der Waals surface area contributed by atoms with E-state index in [1.165, 1.54) is 0 Å². The number of aromatic nitrogens is 1. The van der Waals surface area contributed by atoms with Gasteiger partial charge in [-0.15, -0.1) is 0 Å². The molecule has 0 bridgehead atoms. The standard InChI is InChI=1S/C13H15F3N2O2/c14-13(15,16)9-4-5-17-11(7-9)18-10-3-1-2-8(6-10)12(19)20/h4-5,7-8,10H,1-3,6H2,(H,17,18)(H,19,20). The molecule has 0 spiro atoms. The van der Waals surface area contributed by atoms with Gasteiger partial charge in [0.05, 0.1) is 11.5 Å². The van der Waals surface area contributed by atoms with E-state index in [1.54, 1.807) is 0 Å². The van der Waals surface area contributed by atoms with Gasteiger partial charge in [0.25, 0.3) is 0 Å². The van der Waals surface area contributed by atoms with E-state index in [-0.39, 0.29) is 11.9 Å². The Kier molecular flexibility index (Phi) is 4.15. The maximum absolute atomic E-state index is 12.6. The van der Waals surface area contributed by atoms with E-state index in [0.29, 0.717) is 12.8 Å². The van der Waals surface area contributed by atoms with Gasteiger partial charge in [-0.05, 0) is 31.4 Å². The Hall–Kier alpha value is -1.79. The van der Waals surface area contributed by atoms with Crippen LogP contribution in [-0.4, -0.2) is 22.1 Å². The number of carboxylic acid groups (broad SMARTS) is 1. The first-order valence-electron chi connectivity index (χ1n) is 6.39. The van der Waals surface area contributed by atoms with E-state index in [0.717, 1.165) is 31.2 Å². The first-order valence-corrected chi connectivity index (χ1v) is 6.39. The number of pyridine rings is 1. The van der Waals surface area contributed by atoms with Crippen LogP contribution in [0.2, 0.25) is 0 Å². The highest BCUT2D eigenvalue weighted by atomic mass is 19.4. The van der Waals surface area contributed by atoms with Crippen LogP contribution in [-0.2, 0) is 11.0 Å². The van der Waals surface area contributed by atoms with Gasteiger partial charge in [-0.25, -0.2) is 4.98 Å². The fraction of sp³-hybridized carbons (Fsp3) is 0.538. The second-order valence-corrected chi connectivity index (χ2v) is 4.97. The lowest BCUT2D eigenvalue weighted by molar-refractivity contribution is -0.143. The van der Waals surface area contributed by atoms with Crippen molar-refractivity contribution in [1.82, 2.24) is 4.98 Å². The molecule has 4 nitrogen and oxygen atoms in total. The number of anilines is 1. The zero-order valence-corrected chi connectivity index (χ0v) is 10.7. The summed E-state index contributed by atoms with van der Waals surface area (Å²) in [6.45, 7) is 0. The summed E-state index contributed by atoms with van der Waals surface area (Å²) in [5.74, 6) is -1.16. The molecular weight excluding hydrogens is 273 g/mol. The van der Waals surface area contributed by atoms with Gasteiger partial charge >= 0.3 is 12.1 Å². The maximum atomic E-state index is 12.6. The van der Waals surface area contributed by atoms with Crippen molar-refractivity contribution in [3.8, 4) is 0 Å². The number of aliphatic carboxylic acids is 1. The van der Waals surface area contributed by atoms with E-state index in [9.17, 15) is 18.0 Å². The summed E-state index contributed by atoms with van der Waals surface area (Å²) in [6, 6.07) is 1.71. The molecule has 2 unspecified atom stereocenters. The van der Waals surface area contributed by atoms with Gasteiger partial charge in [0.2, 0.25) is 0 Å². The predicted octanol–water partition coefficient (Wildman–Crippen LogP) is 3.16. The molecule has 0 aromatic carbocycles. The predicted molar refractivity (Wildman–Crippen MR) is 66.2 cm³/mol. The number of halogens is 3. The van der Waals surface area contributed by atoms with Crippen LogP contribution in [0.4, 0.5) is 19.0 Å². The summed E-state index contributed by atoms with van der Waals surface area (Å²) >= 11 is 0. The third-order valence-corrected chi connectivity index (χ3v) is 3.46. The van der Waals surface area contributed by atoms with Gasteiger partial charge in [-0.3, -0.25) is 4.79 Å². The molecule has 1 saturated carbocycles. The van der Waals surface area contributed by atoms with Gasteiger partial charge in [0.15, 0.2) is 0 Å².